The van der Waals surface area contributed by atoms with Crippen LogP contribution < -0.4 is 0 Å². The molecule has 0 heterocycles. The molecule has 0 amide bonds. The van der Waals surface area contributed by atoms with Crippen molar-refractivity contribution in [2.24, 2.45) is 0 Å². The van der Waals surface area contributed by atoms with Gasteiger partial charge in [0.05, 0.1) is 0 Å². The molecule has 0 saturated heterocycles. The number of rotatable bonds is 3. The Bertz CT molecular complexity index is 430. The van der Waals surface area contributed by atoms with Gasteiger partial charge in [0, 0.05) is 0 Å². The van der Waals surface area contributed by atoms with E-state index in [-0.39, 0.29) is 0 Å². The van der Waals surface area contributed by atoms with Crippen molar-refractivity contribution in [3.63, 3.8) is 0 Å². The van der Waals surface area contributed by atoms with Gasteiger partial charge < -0.3 is 9.79 Å². The van der Waals surface area contributed by atoms with Crippen LogP contribution in [0.4, 0.5) is 0 Å². The third kappa shape index (κ3) is 3.44. The SMILES string of the molecule is CC(=O)/C(=C\c1ccccc1)P(=O)(O)O. The second-order valence-corrected chi connectivity index (χ2v) is 4.61. The van der Waals surface area contributed by atoms with Gasteiger partial charge in [0.2, 0.25) is 0 Å². The number of hydrogen-bond donors (Lipinski definition) is 2. The largest absolute Gasteiger partial charge is 0.359 e. The Morgan fingerprint density at radius 3 is 2.20 bits per heavy atom. The van der Waals surface area contributed by atoms with Gasteiger partial charge in [0.15, 0.2) is 5.78 Å². The van der Waals surface area contributed by atoms with E-state index in [4.69, 9.17) is 9.79 Å². The molecule has 1 rings (SSSR count). The van der Waals surface area contributed by atoms with Crippen molar-refractivity contribution in [3.8, 4) is 0 Å². The summed E-state index contributed by atoms with van der Waals surface area (Å²) < 4.78 is 11.0. The molecule has 0 fully saturated rings. The third-order valence-corrected chi connectivity index (χ3v) is 2.85. The van der Waals surface area contributed by atoms with Crippen LogP contribution in [0.1, 0.15) is 12.5 Å². The van der Waals surface area contributed by atoms with Crippen molar-refractivity contribution in [1.82, 2.24) is 0 Å². The predicted octanol–water partition coefficient (Wildman–Crippen LogP) is 1.79. The highest BCUT2D eigenvalue weighted by Crippen LogP contribution is 2.46. The minimum absolute atomic E-state index is 0.464. The van der Waals surface area contributed by atoms with Gasteiger partial charge in [0.25, 0.3) is 0 Å². The molecule has 80 valence electrons. The minimum atomic E-state index is -4.49. The van der Waals surface area contributed by atoms with E-state index in [0.29, 0.717) is 5.56 Å². The lowest BCUT2D eigenvalue weighted by Gasteiger charge is -2.05. The van der Waals surface area contributed by atoms with E-state index in [1.807, 2.05) is 0 Å². The van der Waals surface area contributed by atoms with Crippen LogP contribution >= 0.6 is 7.60 Å². The average Bonchev–Trinajstić information content (AvgIpc) is 2.13. The molecule has 4 nitrogen and oxygen atoms in total. The van der Waals surface area contributed by atoms with Gasteiger partial charge in [-0.15, -0.1) is 0 Å². The number of ketones is 1. The van der Waals surface area contributed by atoms with Gasteiger partial charge in [-0.3, -0.25) is 9.36 Å². The summed E-state index contributed by atoms with van der Waals surface area (Å²) in [4.78, 5) is 28.9. The van der Waals surface area contributed by atoms with Crippen LogP contribution in [0.25, 0.3) is 6.08 Å². The van der Waals surface area contributed by atoms with Gasteiger partial charge in [-0.25, -0.2) is 0 Å². The maximum absolute atomic E-state index is 11.0. The number of hydrogen-bond acceptors (Lipinski definition) is 2. The zero-order valence-electron chi connectivity index (χ0n) is 8.12. The number of Topliss-reactive ketones (excluding diaryl/α,β-unsaturated/α-hetero) is 1. The molecular weight excluding hydrogens is 215 g/mol. The predicted molar refractivity (Wildman–Crippen MR) is 57.1 cm³/mol. The molecule has 0 aliphatic heterocycles. The van der Waals surface area contributed by atoms with E-state index in [1.165, 1.54) is 6.08 Å². The van der Waals surface area contributed by atoms with Crippen LogP contribution in [-0.2, 0) is 9.36 Å². The minimum Gasteiger partial charge on any atom is -0.321 e. The lowest BCUT2D eigenvalue weighted by molar-refractivity contribution is -0.113. The average molecular weight is 226 g/mol. The van der Waals surface area contributed by atoms with E-state index >= 15 is 0 Å². The molecule has 0 atom stereocenters. The molecule has 0 unspecified atom stereocenters. The molecule has 0 saturated carbocycles. The van der Waals surface area contributed by atoms with E-state index in [1.54, 1.807) is 30.3 Å². The van der Waals surface area contributed by atoms with E-state index in [0.717, 1.165) is 6.92 Å². The summed E-state index contributed by atoms with van der Waals surface area (Å²) in [6.07, 6.45) is 1.21. The highest BCUT2D eigenvalue weighted by atomic mass is 31.2. The first-order valence-corrected chi connectivity index (χ1v) is 5.86. The Balaban J connectivity index is 3.18. The topological polar surface area (TPSA) is 74.6 Å². The van der Waals surface area contributed by atoms with Crippen LogP contribution in [0.2, 0.25) is 0 Å². The van der Waals surface area contributed by atoms with E-state index in [2.05, 4.69) is 0 Å². The second-order valence-electron chi connectivity index (χ2n) is 3.04. The summed E-state index contributed by atoms with van der Waals surface area (Å²) in [6, 6.07) is 8.56. The summed E-state index contributed by atoms with van der Waals surface area (Å²) in [7, 11) is -4.49. The first-order valence-electron chi connectivity index (χ1n) is 4.25. The van der Waals surface area contributed by atoms with Gasteiger partial charge in [-0.2, -0.15) is 0 Å². The highest BCUT2D eigenvalue weighted by Gasteiger charge is 2.24. The van der Waals surface area contributed by atoms with Crippen molar-refractivity contribution in [2.75, 3.05) is 0 Å². The monoisotopic (exact) mass is 226 g/mol. The lowest BCUT2D eigenvalue weighted by Crippen LogP contribution is -1.97. The standard InChI is InChI=1S/C10H11O4P/c1-8(11)10(15(12,13)14)7-9-5-3-2-4-6-9/h2-7H,1H3,(H2,12,13,14)/b10-7+. The molecule has 0 spiro atoms. The molecule has 2 N–H and O–H groups in total. The number of benzene rings is 1. The number of carbonyl (C=O) groups is 1. The van der Waals surface area contributed by atoms with Crippen molar-refractivity contribution >= 4 is 19.5 Å². The molecule has 1 aromatic rings. The lowest BCUT2D eigenvalue weighted by atomic mass is 10.2. The number of carbonyl (C=O) groups excluding carboxylic acids is 1. The maximum atomic E-state index is 11.0. The summed E-state index contributed by atoms with van der Waals surface area (Å²) >= 11 is 0. The van der Waals surface area contributed by atoms with Crippen molar-refractivity contribution in [1.29, 1.82) is 0 Å². The van der Waals surface area contributed by atoms with Crippen LogP contribution in [0.5, 0.6) is 0 Å². The van der Waals surface area contributed by atoms with Crippen LogP contribution in [-0.4, -0.2) is 15.6 Å². The Morgan fingerprint density at radius 2 is 1.80 bits per heavy atom. The molecular formula is C10H11O4P. The molecule has 0 bridgehead atoms. The molecule has 0 aliphatic rings. The fourth-order valence-corrected chi connectivity index (χ4v) is 1.83. The maximum Gasteiger partial charge on any atom is 0.359 e. The van der Waals surface area contributed by atoms with Crippen molar-refractivity contribution in [2.45, 2.75) is 6.92 Å². The summed E-state index contributed by atoms with van der Waals surface area (Å²) in [5.41, 5.74) is 0.589. The summed E-state index contributed by atoms with van der Waals surface area (Å²) in [5, 5.41) is -0.464. The van der Waals surface area contributed by atoms with Crippen LogP contribution in [0, 0.1) is 0 Å². The van der Waals surface area contributed by atoms with Gasteiger partial charge in [-0.05, 0) is 18.6 Å². The third-order valence-electron chi connectivity index (χ3n) is 1.78. The Hall–Kier alpha value is -1.22. The molecule has 1 aromatic carbocycles. The zero-order valence-corrected chi connectivity index (χ0v) is 9.02. The zero-order chi connectivity index (χ0) is 11.5. The van der Waals surface area contributed by atoms with Crippen LogP contribution in [0.15, 0.2) is 35.6 Å². The van der Waals surface area contributed by atoms with Gasteiger partial charge >= 0.3 is 7.60 Å². The van der Waals surface area contributed by atoms with Crippen molar-refractivity contribution < 1.29 is 19.1 Å². The summed E-state index contributed by atoms with van der Waals surface area (Å²) in [6.45, 7) is 1.13. The molecule has 5 heteroatoms. The number of allylic oxidation sites excluding steroid dienone is 1. The second kappa shape index (κ2) is 4.53. The first kappa shape index (κ1) is 11.9. The highest BCUT2D eigenvalue weighted by molar-refractivity contribution is 7.58. The molecule has 0 radical (unpaired) electrons. The van der Waals surface area contributed by atoms with Crippen molar-refractivity contribution in [3.05, 3.63) is 41.2 Å². The van der Waals surface area contributed by atoms with Gasteiger partial charge in [-0.1, -0.05) is 30.3 Å². The fourth-order valence-electron chi connectivity index (χ4n) is 1.10. The Kier molecular flexibility index (Phi) is 3.58. The Labute approximate surface area is 87.4 Å². The first-order chi connectivity index (χ1) is 6.91. The quantitative estimate of drug-likeness (QED) is 0.608. The van der Waals surface area contributed by atoms with E-state index in [9.17, 15) is 9.36 Å². The normalized spacial score (nSPS) is 12.6. The van der Waals surface area contributed by atoms with Crippen LogP contribution in [0.3, 0.4) is 0 Å². The fraction of sp³-hybridized carbons (Fsp3) is 0.100. The van der Waals surface area contributed by atoms with E-state index < -0.39 is 18.7 Å². The molecule has 15 heavy (non-hydrogen) atoms. The molecule has 0 aromatic heterocycles. The molecule has 0 aliphatic carbocycles. The smallest absolute Gasteiger partial charge is 0.321 e. The summed E-state index contributed by atoms with van der Waals surface area (Å²) in [5.74, 6) is -0.618. The Morgan fingerprint density at radius 1 is 1.27 bits per heavy atom. The van der Waals surface area contributed by atoms with Gasteiger partial charge in [0.1, 0.15) is 5.31 Å².